The zero-order valence-corrected chi connectivity index (χ0v) is 15.9. The Balaban J connectivity index is 1.63. The molecule has 5 nitrogen and oxygen atoms in total. The Morgan fingerprint density at radius 2 is 1.93 bits per heavy atom. The number of aliphatic hydroxyl groups excluding tert-OH is 1. The van der Waals surface area contributed by atoms with Gasteiger partial charge in [0.2, 0.25) is 5.91 Å². The molecule has 0 radical (unpaired) electrons. The van der Waals surface area contributed by atoms with Crippen LogP contribution < -0.4 is 14.8 Å². The lowest BCUT2D eigenvalue weighted by Crippen LogP contribution is -2.32. The summed E-state index contributed by atoms with van der Waals surface area (Å²) in [5.41, 5.74) is 2.92. The van der Waals surface area contributed by atoms with Gasteiger partial charge in [-0.15, -0.1) is 0 Å². The maximum atomic E-state index is 12.2. The van der Waals surface area contributed by atoms with Crippen molar-refractivity contribution in [3.63, 3.8) is 0 Å². The molecular weight excluding hydrogens is 342 g/mol. The summed E-state index contributed by atoms with van der Waals surface area (Å²) >= 11 is 0. The van der Waals surface area contributed by atoms with Crippen molar-refractivity contribution in [3.8, 4) is 11.5 Å². The zero-order chi connectivity index (χ0) is 19.4. The average molecular weight is 367 g/mol. The number of carbonyl (C=O) groups is 1. The number of hydrogen-bond acceptors (Lipinski definition) is 4. The molecule has 1 atom stereocenters. The molecule has 0 saturated heterocycles. The first-order chi connectivity index (χ1) is 12.8. The molecule has 1 aliphatic heterocycles. The molecule has 0 aromatic heterocycles. The Bertz CT molecular complexity index is 834. The summed E-state index contributed by atoms with van der Waals surface area (Å²) in [6.07, 6.45) is 2.89. The second-order valence-corrected chi connectivity index (χ2v) is 7.59. The van der Waals surface area contributed by atoms with Gasteiger partial charge in [0.15, 0.2) is 17.6 Å². The third kappa shape index (κ3) is 4.89. The standard InChI is InChI=1S/C22H25NO4/c1-22(2,3)16-7-4-15(5-8-16)6-11-21(25)23-17-9-10-19-20(12-17)27-18(13-24)14-26-19/h4-12,18,24H,13-14H2,1-3H3,(H,23,25)/t18-/m0/s1. The fourth-order valence-electron chi connectivity index (χ4n) is 2.73. The number of carbonyl (C=O) groups excluding carboxylic acids is 1. The van der Waals surface area contributed by atoms with Crippen LogP contribution in [-0.2, 0) is 10.2 Å². The third-order valence-corrected chi connectivity index (χ3v) is 4.34. The number of amides is 1. The molecular formula is C22H25NO4. The van der Waals surface area contributed by atoms with Crippen molar-refractivity contribution >= 4 is 17.7 Å². The minimum Gasteiger partial charge on any atom is -0.486 e. The Kier molecular flexibility index (Phi) is 5.51. The van der Waals surface area contributed by atoms with Crippen LogP contribution >= 0.6 is 0 Å². The van der Waals surface area contributed by atoms with Crippen LogP contribution in [0.2, 0.25) is 0 Å². The lowest BCUT2D eigenvalue weighted by molar-refractivity contribution is -0.111. The van der Waals surface area contributed by atoms with Crippen molar-refractivity contribution < 1.29 is 19.4 Å². The SMILES string of the molecule is CC(C)(C)c1ccc(C=CC(=O)Nc2ccc3c(c2)O[C@@H](CO)CO3)cc1. The lowest BCUT2D eigenvalue weighted by atomic mass is 9.87. The lowest BCUT2D eigenvalue weighted by Gasteiger charge is -2.25. The molecule has 0 aliphatic carbocycles. The first-order valence-corrected chi connectivity index (χ1v) is 8.99. The number of ether oxygens (including phenoxy) is 2. The second kappa shape index (κ2) is 7.84. The minimum atomic E-state index is -0.389. The number of anilines is 1. The third-order valence-electron chi connectivity index (χ3n) is 4.34. The van der Waals surface area contributed by atoms with Crippen molar-refractivity contribution in [1.82, 2.24) is 0 Å². The van der Waals surface area contributed by atoms with Gasteiger partial charge in [-0.2, -0.15) is 0 Å². The van der Waals surface area contributed by atoms with E-state index in [2.05, 4.69) is 38.2 Å². The summed E-state index contributed by atoms with van der Waals surface area (Å²) in [4.78, 5) is 12.2. The van der Waals surface area contributed by atoms with Gasteiger partial charge in [0.25, 0.3) is 0 Å². The summed E-state index contributed by atoms with van der Waals surface area (Å²) in [6, 6.07) is 13.4. The predicted octanol–water partition coefficient (Wildman–Crippen LogP) is 3.77. The largest absolute Gasteiger partial charge is 0.486 e. The Morgan fingerprint density at radius 3 is 2.59 bits per heavy atom. The van der Waals surface area contributed by atoms with Gasteiger partial charge in [-0.1, -0.05) is 45.0 Å². The van der Waals surface area contributed by atoms with E-state index in [0.717, 1.165) is 5.56 Å². The fraction of sp³-hybridized carbons (Fsp3) is 0.318. The molecule has 5 heteroatoms. The van der Waals surface area contributed by atoms with Gasteiger partial charge < -0.3 is 19.9 Å². The van der Waals surface area contributed by atoms with Crippen LogP contribution in [0.3, 0.4) is 0 Å². The number of nitrogens with one attached hydrogen (secondary N) is 1. The van der Waals surface area contributed by atoms with Crippen LogP contribution in [0.25, 0.3) is 6.08 Å². The van der Waals surface area contributed by atoms with E-state index in [1.165, 1.54) is 11.6 Å². The highest BCUT2D eigenvalue weighted by molar-refractivity contribution is 6.02. The van der Waals surface area contributed by atoms with E-state index in [4.69, 9.17) is 9.47 Å². The first kappa shape index (κ1) is 19.0. The fourth-order valence-corrected chi connectivity index (χ4v) is 2.73. The van der Waals surface area contributed by atoms with Crippen LogP contribution in [0, 0.1) is 0 Å². The smallest absolute Gasteiger partial charge is 0.248 e. The topological polar surface area (TPSA) is 67.8 Å². The normalized spacial score (nSPS) is 16.4. The highest BCUT2D eigenvalue weighted by Gasteiger charge is 2.20. The maximum Gasteiger partial charge on any atom is 0.248 e. The summed E-state index contributed by atoms with van der Waals surface area (Å²) in [7, 11) is 0. The van der Waals surface area contributed by atoms with Crippen molar-refractivity contribution in [3.05, 3.63) is 59.7 Å². The van der Waals surface area contributed by atoms with Gasteiger partial charge in [0.05, 0.1) is 6.61 Å². The quantitative estimate of drug-likeness (QED) is 0.808. The molecule has 1 amide bonds. The number of fused-ring (bicyclic) bond motifs is 1. The summed E-state index contributed by atoms with van der Waals surface area (Å²) in [5, 5.41) is 12.0. The highest BCUT2D eigenvalue weighted by Crippen LogP contribution is 2.34. The van der Waals surface area contributed by atoms with Crippen LogP contribution in [-0.4, -0.2) is 30.3 Å². The molecule has 0 unspecified atom stereocenters. The molecule has 2 aromatic rings. The molecule has 2 N–H and O–H groups in total. The molecule has 0 spiro atoms. The number of hydrogen-bond donors (Lipinski definition) is 2. The number of aliphatic hydroxyl groups is 1. The molecule has 1 aliphatic rings. The van der Waals surface area contributed by atoms with Crippen molar-refractivity contribution in [1.29, 1.82) is 0 Å². The summed E-state index contributed by atoms with van der Waals surface area (Å²) < 4.78 is 11.1. The Labute approximate surface area is 159 Å². The predicted molar refractivity (Wildman–Crippen MR) is 106 cm³/mol. The molecule has 142 valence electrons. The van der Waals surface area contributed by atoms with Crippen molar-refractivity contribution in [2.45, 2.75) is 32.3 Å². The molecule has 27 heavy (non-hydrogen) atoms. The van der Waals surface area contributed by atoms with Gasteiger partial charge in [-0.05, 0) is 34.8 Å². The molecule has 1 heterocycles. The van der Waals surface area contributed by atoms with Crippen molar-refractivity contribution in [2.24, 2.45) is 0 Å². The number of rotatable bonds is 4. The average Bonchev–Trinajstić information content (AvgIpc) is 2.65. The van der Waals surface area contributed by atoms with Gasteiger partial charge in [-0.25, -0.2) is 0 Å². The van der Waals surface area contributed by atoms with Crippen LogP contribution in [0.1, 0.15) is 31.9 Å². The van der Waals surface area contributed by atoms with Gasteiger partial charge in [0, 0.05) is 17.8 Å². The molecule has 3 rings (SSSR count). The summed E-state index contributed by atoms with van der Waals surface area (Å²) in [5.74, 6) is 0.886. The van der Waals surface area contributed by atoms with E-state index >= 15 is 0 Å². The van der Waals surface area contributed by atoms with Gasteiger partial charge in [0.1, 0.15) is 6.61 Å². The maximum absolute atomic E-state index is 12.2. The molecule has 0 fully saturated rings. The Hall–Kier alpha value is -2.79. The van der Waals surface area contributed by atoms with Crippen LogP contribution in [0.15, 0.2) is 48.5 Å². The first-order valence-electron chi connectivity index (χ1n) is 8.99. The minimum absolute atomic E-state index is 0.104. The molecule has 0 bridgehead atoms. The van der Waals surface area contributed by atoms with E-state index in [0.29, 0.717) is 23.8 Å². The van der Waals surface area contributed by atoms with Crippen LogP contribution in [0.5, 0.6) is 11.5 Å². The van der Waals surface area contributed by atoms with E-state index in [9.17, 15) is 9.90 Å². The monoisotopic (exact) mass is 367 g/mol. The second-order valence-electron chi connectivity index (χ2n) is 7.59. The van der Waals surface area contributed by atoms with E-state index in [1.807, 2.05) is 12.1 Å². The van der Waals surface area contributed by atoms with Crippen molar-refractivity contribution in [2.75, 3.05) is 18.5 Å². The van der Waals surface area contributed by atoms with E-state index in [1.54, 1.807) is 24.3 Å². The van der Waals surface area contributed by atoms with Gasteiger partial charge >= 0.3 is 0 Å². The van der Waals surface area contributed by atoms with E-state index in [-0.39, 0.29) is 24.0 Å². The number of benzene rings is 2. The van der Waals surface area contributed by atoms with Crippen LogP contribution in [0.4, 0.5) is 5.69 Å². The summed E-state index contributed by atoms with van der Waals surface area (Å²) in [6.45, 7) is 6.70. The molecule has 0 saturated carbocycles. The zero-order valence-electron chi connectivity index (χ0n) is 15.9. The molecule has 2 aromatic carbocycles. The highest BCUT2D eigenvalue weighted by atomic mass is 16.6. The van der Waals surface area contributed by atoms with Gasteiger partial charge in [-0.3, -0.25) is 4.79 Å². The van der Waals surface area contributed by atoms with E-state index < -0.39 is 0 Å². The Morgan fingerprint density at radius 1 is 1.19 bits per heavy atom.